The van der Waals surface area contributed by atoms with Gasteiger partial charge >= 0.3 is 0 Å². The molecule has 2 aromatic rings. The van der Waals surface area contributed by atoms with Crippen molar-refractivity contribution in [3.63, 3.8) is 0 Å². The first-order chi connectivity index (χ1) is 9.58. The average Bonchev–Trinajstić information content (AvgIpc) is 2.83. The second kappa shape index (κ2) is 5.12. The van der Waals surface area contributed by atoms with Gasteiger partial charge in [-0.1, -0.05) is 23.5 Å². The molecule has 0 saturated carbocycles. The monoisotopic (exact) mass is 291 g/mol. The highest BCUT2D eigenvalue weighted by Gasteiger charge is 2.36. The van der Waals surface area contributed by atoms with Crippen molar-refractivity contribution in [1.29, 1.82) is 0 Å². The summed E-state index contributed by atoms with van der Waals surface area (Å²) in [4.78, 5) is 16.8. The minimum absolute atomic E-state index is 0.169. The first kappa shape index (κ1) is 13.5. The molecule has 0 radical (unpaired) electrons. The number of para-hydroxylation sites is 1. The van der Waals surface area contributed by atoms with Crippen molar-refractivity contribution in [3.05, 3.63) is 23.8 Å². The molecule has 1 aromatic carbocycles. The van der Waals surface area contributed by atoms with Gasteiger partial charge in [0.05, 0.1) is 10.2 Å². The second-order valence-corrected chi connectivity index (χ2v) is 6.19. The molecule has 3 rings (SSSR count). The van der Waals surface area contributed by atoms with Gasteiger partial charge in [-0.05, 0) is 31.4 Å². The number of carbonyl (C=O) groups excluding carboxylic acids is 1. The molecular formula is C14H17N3O2S. The fourth-order valence-corrected chi connectivity index (χ4v) is 3.26. The largest absolute Gasteiger partial charge is 0.381 e. The maximum absolute atomic E-state index is 12.3. The van der Waals surface area contributed by atoms with Crippen LogP contribution in [0.3, 0.4) is 0 Å². The van der Waals surface area contributed by atoms with E-state index in [1.807, 2.05) is 25.1 Å². The number of thiazole rings is 1. The Balaban J connectivity index is 1.82. The van der Waals surface area contributed by atoms with Gasteiger partial charge < -0.3 is 15.8 Å². The number of carbonyl (C=O) groups is 1. The van der Waals surface area contributed by atoms with E-state index >= 15 is 0 Å². The highest BCUT2D eigenvalue weighted by Crippen LogP contribution is 2.29. The first-order valence-electron chi connectivity index (χ1n) is 6.63. The number of hydrogen-bond acceptors (Lipinski definition) is 5. The van der Waals surface area contributed by atoms with E-state index in [2.05, 4.69) is 10.3 Å². The van der Waals surface area contributed by atoms with Crippen molar-refractivity contribution in [2.45, 2.75) is 25.3 Å². The normalized spacial score (nSPS) is 18.1. The summed E-state index contributed by atoms with van der Waals surface area (Å²) in [6, 6.07) is 6.00. The summed E-state index contributed by atoms with van der Waals surface area (Å²) in [5, 5.41) is 3.46. The number of nitrogens with one attached hydrogen (secondary N) is 1. The molecule has 6 heteroatoms. The Labute approximate surface area is 121 Å². The third-order valence-electron chi connectivity index (χ3n) is 3.68. The number of ether oxygens (including phenoxy) is 1. The van der Waals surface area contributed by atoms with Crippen LogP contribution in [0.2, 0.25) is 0 Å². The van der Waals surface area contributed by atoms with Gasteiger partial charge in [0.1, 0.15) is 5.54 Å². The number of aromatic nitrogens is 1. The number of amides is 1. The molecule has 3 N–H and O–H groups in total. The van der Waals surface area contributed by atoms with Gasteiger partial charge in [0.25, 0.3) is 0 Å². The number of nitrogens with two attached hydrogens (primary N) is 1. The highest BCUT2D eigenvalue weighted by atomic mass is 32.1. The lowest BCUT2D eigenvalue weighted by molar-refractivity contribution is -0.124. The number of fused-ring (bicyclic) bond motifs is 1. The zero-order chi connectivity index (χ0) is 14.2. The van der Waals surface area contributed by atoms with Gasteiger partial charge in [-0.3, -0.25) is 4.79 Å². The number of anilines is 1. The lowest BCUT2D eigenvalue weighted by atomic mass is 9.90. The van der Waals surface area contributed by atoms with Crippen LogP contribution in [0.4, 0.5) is 5.13 Å². The van der Waals surface area contributed by atoms with E-state index in [0.717, 1.165) is 15.8 Å². The number of hydrogen-bond donors (Lipinski definition) is 2. The SMILES string of the molecule is Cc1cccc2sc(NC(=O)C3(N)CCOCC3)nc12. The average molecular weight is 291 g/mol. The van der Waals surface area contributed by atoms with Crippen LogP contribution in [-0.2, 0) is 9.53 Å². The van der Waals surface area contributed by atoms with Gasteiger partial charge in [-0.15, -0.1) is 0 Å². The van der Waals surface area contributed by atoms with Crippen molar-refractivity contribution < 1.29 is 9.53 Å². The van der Waals surface area contributed by atoms with Crippen molar-refractivity contribution in [1.82, 2.24) is 4.98 Å². The highest BCUT2D eigenvalue weighted by molar-refractivity contribution is 7.22. The molecule has 0 aliphatic carbocycles. The molecule has 1 saturated heterocycles. The maximum atomic E-state index is 12.3. The summed E-state index contributed by atoms with van der Waals surface area (Å²) >= 11 is 1.47. The standard InChI is InChI=1S/C14H17N3O2S/c1-9-3-2-4-10-11(9)16-13(20-10)17-12(18)14(15)5-7-19-8-6-14/h2-4H,5-8,15H2,1H3,(H,16,17,18). The van der Waals surface area contributed by atoms with Crippen LogP contribution >= 0.6 is 11.3 Å². The maximum Gasteiger partial charge on any atom is 0.246 e. The van der Waals surface area contributed by atoms with E-state index in [4.69, 9.17) is 10.5 Å². The molecule has 0 bridgehead atoms. The fourth-order valence-electron chi connectivity index (χ4n) is 2.32. The Kier molecular flexibility index (Phi) is 3.45. The van der Waals surface area contributed by atoms with E-state index in [-0.39, 0.29) is 5.91 Å². The lowest BCUT2D eigenvalue weighted by Crippen LogP contribution is -2.54. The molecule has 0 unspecified atom stereocenters. The van der Waals surface area contributed by atoms with Crippen LogP contribution in [-0.4, -0.2) is 29.6 Å². The van der Waals surface area contributed by atoms with E-state index in [0.29, 0.717) is 31.2 Å². The number of benzene rings is 1. The molecule has 0 atom stereocenters. The zero-order valence-electron chi connectivity index (χ0n) is 11.3. The van der Waals surface area contributed by atoms with Crippen LogP contribution < -0.4 is 11.1 Å². The molecule has 20 heavy (non-hydrogen) atoms. The van der Waals surface area contributed by atoms with Crippen LogP contribution in [0.1, 0.15) is 18.4 Å². The van der Waals surface area contributed by atoms with Crippen LogP contribution in [0, 0.1) is 6.92 Å². The summed E-state index contributed by atoms with van der Waals surface area (Å²) in [5.41, 5.74) is 7.36. The van der Waals surface area contributed by atoms with Crippen LogP contribution in [0.25, 0.3) is 10.2 Å². The lowest BCUT2D eigenvalue weighted by Gasteiger charge is -2.31. The number of nitrogens with zero attached hydrogens (tertiary/aromatic N) is 1. The Bertz CT molecular complexity index is 647. The van der Waals surface area contributed by atoms with E-state index < -0.39 is 5.54 Å². The van der Waals surface area contributed by atoms with Crippen molar-refractivity contribution in [2.24, 2.45) is 5.73 Å². The minimum atomic E-state index is -0.842. The van der Waals surface area contributed by atoms with Crippen molar-refractivity contribution >= 4 is 32.6 Å². The predicted octanol–water partition coefficient (Wildman–Crippen LogP) is 2.05. The van der Waals surface area contributed by atoms with Gasteiger partial charge in [0.15, 0.2) is 5.13 Å². The second-order valence-electron chi connectivity index (χ2n) is 5.16. The van der Waals surface area contributed by atoms with Gasteiger partial charge in [0, 0.05) is 13.2 Å². The minimum Gasteiger partial charge on any atom is -0.381 e. The Morgan fingerprint density at radius 3 is 2.90 bits per heavy atom. The van der Waals surface area contributed by atoms with Gasteiger partial charge in [-0.25, -0.2) is 4.98 Å². The summed E-state index contributed by atoms with van der Waals surface area (Å²) in [5.74, 6) is -0.169. The molecule has 1 fully saturated rings. The molecule has 1 aromatic heterocycles. The Hall–Kier alpha value is -1.50. The molecule has 0 spiro atoms. The van der Waals surface area contributed by atoms with Crippen molar-refractivity contribution in [2.75, 3.05) is 18.5 Å². The molecule has 5 nitrogen and oxygen atoms in total. The van der Waals surface area contributed by atoms with Crippen LogP contribution in [0.5, 0.6) is 0 Å². The summed E-state index contributed by atoms with van der Waals surface area (Å²) in [6.45, 7) is 3.07. The molecule has 2 heterocycles. The molecular weight excluding hydrogens is 274 g/mol. The Morgan fingerprint density at radius 2 is 2.20 bits per heavy atom. The summed E-state index contributed by atoms with van der Waals surface area (Å²) in [6.07, 6.45) is 1.09. The molecule has 106 valence electrons. The molecule has 1 aliphatic heterocycles. The van der Waals surface area contributed by atoms with Crippen LogP contribution in [0.15, 0.2) is 18.2 Å². The number of rotatable bonds is 2. The number of aryl methyl sites for hydroxylation is 1. The fraction of sp³-hybridized carbons (Fsp3) is 0.429. The smallest absolute Gasteiger partial charge is 0.246 e. The Morgan fingerprint density at radius 1 is 1.45 bits per heavy atom. The topological polar surface area (TPSA) is 77.2 Å². The summed E-state index contributed by atoms with van der Waals surface area (Å²) < 4.78 is 6.32. The van der Waals surface area contributed by atoms with Crippen molar-refractivity contribution in [3.8, 4) is 0 Å². The molecule has 1 amide bonds. The quantitative estimate of drug-likeness (QED) is 0.887. The van der Waals surface area contributed by atoms with Gasteiger partial charge in [0.2, 0.25) is 5.91 Å². The van der Waals surface area contributed by atoms with Gasteiger partial charge in [-0.2, -0.15) is 0 Å². The van der Waals surface area contributed by atoms with E-state index in [1.54, 1.807) is 0 Å². The third-order valence-corrected chi connectivity index (χ3v) is 4.61. The molecule has 1 aliphatic rings. The van der Waals surface area contributed by atoms with E-state index in [1.165, 1.54) is 11.3 Å². The zero-order valence-corrected chi connectivity index (χ0v) is 12.1. The predicted molar refractivity (Wildman–Crippen MR) is 80.0 cm³/mol. The van der Waals surface area contributed by atoms with E-state index in [9.17, 15) is 4.79 Å². The summed E-state index contributed by atoms with van der Waals surface area (Å²) in [7, 11) is 0. The first-order valence-corrected chi connectivity index (χ1v) is 7.44. The third kappa shape index (κ3) is 2.42.